The zero-order valence-electron chi connectivity index (χ0n) is 14.2. The molecule has 3 rings (SSSR count). The van der Waals surface area contributed by atoms with Gasteiger partial charge in [-0.3, -0.25) is 9.59 Å². The molecule has 0 saturated carbocycles. The van der Waals surface area contributed by atoms with Gasteiger partial charge in [-0.2, -0.15) is 0 Å². The molecule has 1 heterocycles. The van der Waals surface area contributed by atoms with E-state index in [1.54, 1.807) is 55.5 Å². The highest BCUT2D eigenvalue weighted by molar-refractivity contribution is 6.10. The Labute approximate surface area is 141 Å². The van der Waals surface area contributed by atoms with Crippen LogP contribution in [0.5, 0.6) is 5.75 Å². The third kappa shape index (κ3) is 2.52. The Hall–Kier alpha value is -2.82. The molecule has 2 amide bonds. The highest BCUT2D eigenvalue weighted by Gasteiger charge is 2.42. The van der Waals surface area contributed by atoms with Gasteiger partial charge in [0.25, 0.3) is 5.91 Å². The summed E-state index contributed by atoms with van der Waals surface area (Å²) in [7, 11) is 3.35. The summed E-state index contributed by atoms with van der Waals surface area (Å²) < 4.78 is 5.10. The molecule has 0 radical (unpaired) electrons. The lowest BCUT2D eigenvalue weighted by Gasteiger charge is -2.16. The second-order valence-electron chi connectivity index (χ2n) is 6.40. The van der Waals surface area contributed by atoms with Gasteiger partial charge >= 0.3 is 0 Å². The lowest BCUT2D eigenvalue weighted by molar-refractivity contribution is -0.121. The van der Waals surface area contributed by atoms with Gasteiger partial charge in [-0.05, 0) is 61.9 Å². The molecule has 5 heteroatoms. The molecule has 0 aliphatic carbocycles. The van der Waals surface area contributed by atoms with Crippen molar-refractivity contribution >= 4 is 23.2 Å². The topological polar surface area (TPSA) is 58.6 Å². The summed E-state index contributed by atoms with van der Waals surface area (Å²) in [6, 6.07) is 12.5. The van der Waals surface area contributed by atoms with E-state index in [9.17, 15) is 9.59 Å². The van der Waals surface area contributed by atoms with Crippen LogP contribution in [0.2, 0.25) is 0 Å². The third-order valence-electron chi connectivity index (χ3n) is 4.48. The second kappa shape index (κ2) is 5.67. The largest absolute Gasteiger partial charge is 0.497 e. The number of nitrogens with one attached hydrogen (secondary N) is 1. The summed E-state index contributed by atoms with van der Waals surface area (Å²) in [6.07, 6.45) is 0. The molecule has 0 saturated heterocycles. The molecule has 2 aromatic rings. The van der Waals surface area contributed by atoms with Crippen molar-refractivity contribution in [1.82, 2.24) is 0 Å². The van der Waals surface area contributed by atoms with Crippen LogP contribution in [0.1, 0.15) is 29.8 Å². The van der Waals surface area contributed by atoms with Crippen molar-refractivity contribution in [2.75, 3.05) is 24.4 Å². The molecule has 1 N–H and O–H groups in total. The van der Waals surface area contributed by atoms with E-state index < -0.39 is 5.41 Å². The number of hydrogen-bond acceptors (Lipinski definition) is 3. The number of anilines is 2. The average molecular weight is 324 g/mol. The Bertz CT molecular complexity index is 810. The monoisotopic (exact) mass is 324 g/mol. The van der Waals surface area contributed by atoms with Crippen molar-refractivity contribution in [3.63, 3.8) is 0 Å². The SMILES string of the molecule is COc1ccc(NC(=O)c2ccc3c(c2)C(C)(C)C(=O)N3C)cc1. The molecule has 0 unspecified atom stereocenters. The molecule has 0 atom stereocenters. The molecule has 0 fully saturated rings. The molecule has 124 valence electrons. The highest BCUT2D eigenvalue weighted by Crippen LogP contribution is 2.41. The Morgan fingerprint density at radius 1 is 1.12 bits per heavy atom. The van der Waals surface area contributed by atoms with E-state index in [-0.39, 0.29) is 11.8 Å². The number of fused-ring (bicyclic) bond motifs is 1. The Morgan fingerprint density at radius 2 is 1.79 bits per heavy atom. The van der Waals surface area contributed by atoms with Crippen LogP contribution in [0, 0.1) is 0 Å². The third-order valence-corrected chi connectivity index (χ3v) is 4.48. The number of carbonyl (C=O) groups is 2. The summed E-state index contributed by atoms with van der Waals surface area (Å²) in [4.78, 5) is 26.5. The number of nitrogens with zero attached hydrogens (tertiary/aromatic N) is 1. The zero-order valence-corrected chi connectivity index (χ0v) is 14.2. The van der Waals surface area contributed by atoms with E-state index in [4.69, 9.17) is 4.74 Å². The van der Waals surface area contributed by atoms with Crippen LogP contribution in [0.25, 0.3) is 0 Å². The summed E-state index contributed by atoms with van der Waals surface area (Å²) >= 11 is 0. The van der Waals surface area contributed by atoms with Crippen LogP contribution < -0.4 is 15.0 Å². The molecule has 0 bridgehead atoms. The average Bonchev–Trinajstić information content (AvgIpc) is 2.76. The second-order valence-corrected chi connectivity index (χ2v) is 6.40. The fourth-order valence-electron chi connectivity index (χ4n) is 2.99. The lowest BCUT2D eigenvalue weighted by atomic mass is 9.85. The normalized spacial score (nSPS) is 15.2. The molecule has 24 heavy (non-hydrogen) atoms. The number of rotatable bonds is 3. The molecule has 0 spiro atoms. The smallest absolute Gasteiger partial charge is 0.255 e. The predicted molar refractivity (Wildman–Crippen MR) is 93.8 cm³/mol. The minimum atomic E-state index is -0.625. The van der Waals surface area contributed by atoms with Crippen molar-refractivity contribution < 1.29 is 14.3 Å². The summed E-state index contributed by atoms with van der Waals surface area (Å²) in [5.74, 6) is 0.555. The van der Waals surface area contributed by atoms with Crippen LogP contribution in [0.4, 0.5) is 11.4 Å². The predicted octanol–water partition coefficient (Wildman–Crippen LogP) is 3.20. The Kier molecular flexibility index (Phi) is 3.79. The summed E-state index contributed by atoms with van der Waals surface area (Å²) in [5.41, 5.74) is 2.32. The summed E-state index contributed by atoms with van der Waals surface area (Å²) in [6.45, 7) is 3.76. The van der Waals surface area contributed by atoms with E-state index in [2.05, 4.69) is 5.32 Å². The Morgan fingerprint density at radius 3 is 2.42 bits per heavy atom. The van der Waals surface area contributed by atoms with E-state index in [0.717, 1.165) is 17.0 Å². The van der Waals surface area contributed by atoms with Crippen LogP contribution in [0.15, 0.2) is 42.5 Å². The number of benzene rings is 2. The fourth-order valence-corrected chi connectivity index (χ4v) is 2.99. The number of carbonyl (C=O) groups excluding carboxylic acids is 2. The Balaban J connectivity index is 1.87. The standard InChI is InChI=1S/C19H20N2O3/c1-19(2)15-11-12(5-10-16(15)21(3)18(19)23)17(22)20-13-6-8-14(24-4)9-7-13/h5-11H,1-4H3,(H,20,22). The van der Waals surface area contributed by atoms with Crippen molar-refractivity contribution in [3.05, 3.63) is 53.6 Å². The van der Waals surface area contributed by atoms with Crippen molar-refractivity contribution in [1.29, 1.82) is 0 Å². The number of amides is 2. The highest BCUT2D eigenvalue weighted by atomic mass is 16.5. The minimum absolute atomic E-state index is 0.0326. The molecule has 5 nitrogen and oxygen atoms in total. The van der Waals surface area contributed by atoms with E-state index in [1.807, 2.05) is 19.9 Å². The first-order chi connectivity index (χ1) is 11.3. The van der Waals surface area contributed by atoms with E-state index in [1.165, 1.54) is 0 Å². The van der Waals surface area contributed by atoms with Gasteiger partial charge in [0.05, 0.1) is 12.5 Å². The maximum Gasteiger partial charge on any atom is 0.255 e. The molecule has 1 aliphatic heterocycles. The number of methoxy groups -OCH3 is 1. The van der Waals surface area contributed by atoms with Gasteiger partial charge in [0.2, 0.25) is 5.91 Å². The molecular weight excluding hydrogens is 304 g/mol. The molecule has 0 aromatic heterocycles. The van der Waals surface area contributed by atoms with E-state index >= 15 is 0 Å². The van der Waals surface area contributed by atoms with Gasteiger partial charge in [0.1, 0.15) is 5.75 Å². The lowest BCUT2D eigenvalue weighted by Crippen LogP contribution is -2.33. The molecular formula is C19H20N2O3. The minimum Gasteiger partial charge on any atom is -0.497 e. The van der Waals surface area contributed by atoms with Gasteiger partial charge < -0.3 is 15.0 Å². The first-order valence-corrected chi connectivity index (χ1v) is 7.72. The first-order valence-electron chi connectivity index (χ1n) is 7.72. The van der Waals surface area contributed by atoms with Crippen LogP contribution in [-0.4, -0.2) is 26.0 Å². The number of hydrogen-bond donors (Lipinski definition) is 1. The molecule has 1 aliphatic rings. The van der Waals surface area contributed by atoms with E-state index in [0.29, 0.717) is 11.3 Å². The van der Waals surface area contributed by atoms with Crippen LogP contribution in [-0.2, 0) is 10.2 Å². The number of ether oxygens (including phenoxy) is 1. The van der Waals surface area contributed by atoms with Crippen LogP contribution >= 0.6 is 0 Å². The van der Waals surface area contributed by atoms with Gasteiger partial charge in [0.15, 0.2) is 0 Å². The zero-order chi connectivity index (χ0) is 17.5. The van der Waals surface area contributed by atoms with Gasteiger partial charge in [-0.15, -0.1) is 0 Å². The van der Waals surface area contributed by atoms with Gasteiger partial charge in [-0.25, -0.2) is 0 Å². The summed E-state index contributed by atoms with van der Waals surface area (Å²) in [5, 5.41) is 2.86. The quantitative estimate of drug-likeness (QED) is 0.943. The number of likely N-dealkylation sites (N-methyl/N-ethyl adjacent to an activating group) is 1. The van der Waals surface area contributed by atoms with Gasteiger partial charge in [-0.1, -0.05) is 0 Å². The van der Waals surface area contributed by atoms with Crippen LogP contribution in [0.3, 0.4) is 0 Å². The fraction of sp³-hybridized carbons (Fsp3) is 0.263. The van der Waals surface area contributed by atoms with Crippen molar-refractivity contribution in [3.8, 4) is 5.75 Å². The first kappa shape index (κ1) is 16.1. The van der Waals surface area contributed by atoms with Crippen molar-refractivity contribution in [2.24, 2.45) is 0 Å². The maximum atomic E-state index is 12.5. The van der Waals surface area contributed by atoms with Gasteiger partial charge in [0, 0.05) is 24.0 Å². The maximum absolute atomic E-state index is 12.5. The molecule has 2 aromatic carbocycles. The van der Waals surface area contributed by atoms with Crippen molar-refractivity contribution in [2.45, 2.75) is 19.3 Å².